The minimum atomic E-state index is -0.279. The van der Waals surface area contributed by atoms with Crippen LogP contribution in [-0.2, 0) is 11.3 Å². The molecule has 0 unspecified atom stereocenters. The average Bonchev–Trinajstić information content (AvgIpc) is 2.51. The van der Waals surface area contributed by atoms with Crippen LogP contribution in [0.5, 0.6) is 0 Å². The zero-order valence-electron chi connectivity index (χ0n) is 11.4. The molecule has 1 aromatic carbocycles. The van der Waals surface area contributed by atoms with Gasteiger partial charge >= 0.3 is 0 Å². The maximum atomic E-state index is 12.2. The second-order valence-corrected chi connectivity index (χ2v) is 4.70. The van der Waals surface area contributed by atoms with Gasteiger partial charge in [0.15, 0.2) is 0 Å². The Balaban J connectivity index is 0.00000161. The molecular weight excluding hydrogens is 294 g/mol. The molecule has 0 spiro atoms. The Morgan fingerprint density at radius 2 is 1.95 bits per heavy atom. The highest BCUT2D eigenvalue weighted by molar-refractivity contribution is 5.85. The molecule has 1 aromatic heterocycles. The molecule has 8 heteroatoms. The number of nitrogens with zero attached hydrogens (tertiary/aromatic N) is 4. The van der Waals surface area contributed by atoms with Crippen molar-refractivity contribution in [1.82, 2.24) is 25.2 Å². The number of piperazine rings is 1. The molecule has 2 aromatic rings. The number of hydrogen-bond donors (Lipinski definition) is 1. The largest absolute Gasteiger partial charge is 0.339 e. The number of halogens is 1. The Kier molecular flexibility index (Phi) is 4.87. The number of aromatic nitrogens is 3. The first-order valence-electron chi connectivity index (χ1n) is 6.57. The van der Waals surface area contributed by atoms with Gasteiger partial charge in [0.05, 0.1) is 5.39 Å². The Bertz CT molecular complexity index is 696. The summed E-state index contributed by atoms with van der Waals surface area (Å²) >= 11 is 0. The van der Waals surface area contributed by atoms with Crippen molar-refractivity contribution in [2.75, 3.05) is 26.2 Å². The molecule has 1 fully saturated rings. The Morgan fingerprint density at radius 1 is 1.24 bits per heavy atom. The Labute approximate surface area is 127 Å². The third-order valence-corrected chi connectivity index (χ3v) is 3.38. The molecule has 1 aliphatic heterocycles. The lowest BCUT2D eigenvalue weighted by molar-refractivity contribution is -0.132. The molecule has 0 aliphatic carbocycles. The van der Waals surface area contributed by atoms with E-state index in [1.807, 2.05) is 0 Å². The van der Waals surface area contributed by atoms with Gasteiger partial charge in [-0.05, 0) is 12.1 Å². The predicted octanol–water partition coefficient (Wildman–Crippen LogP) is -0.355. The number of fused-ring (bicyclic) bond motifs is 1. The fourth-order valence-corrected chi connectivity index (χ4v) is 2.27. The summed E-state index contributed by atoms with van der Waals surface area (Å²) in [7, 11) is 0. The summed E-state index contributed by atoms with van der Waals surface area (Å²) in [5.74, 6) is -0.0989. The van der Waals surface area contributed by atoms with E-state index in [4.69, 9.17) is 0 Å². The molecule has 3 rings (SSSR count). The highest BCUT2D eigenvalue weighted by Gasteiger charge is 2.18. The first-order chi connectivity index (χ1) is 9.75. The minimum Gasteiger partial charge on any atom is -0.339 e. The van der Waals surface area contributed by atoms with Crippen LogP contribution in [0.4, 0.5) is 0 Å². The first-order valence-corrected chi connectivity index (χ1v) is 6.57. The summed E-state index contributed by atoms with van der Waals surface area (Å²) in [6.45, 7) is 2.83. The van der Waals surface area contributed by atoms with Gasteiger partial charge in [-0.3, -0.25) is 9.59 Å². The van der Waals surface area contributed by atoms with Crippen molar-refractivity contribution in [3.63, 3.8) is 0 Å². The summed E-state index contributed by atoms with van der Waals surface area (Å²) in [5, 5.41) is 11.5. The number of hydrogen-bond acceptors (Lipinski definition) is 5. The van der Waals surface area contributed by atoms with Gasteiger partial charge in [-0.25, -0.2) is 4.68 Å². The van der Waals surface area contributed by atoms with E-state index in [2.05, 4.69) is 15.6 Å². The van der Waals surface area contributed by atoms with Crippen molar-refractivity contribution >= 4 is 29.2 Å². The van der Waals surface area contributed by atoms with Crippen molar-refractivity contribution < 1.29 is 4.79 Å². The molecule has 1 N–H and O–H groups in total. The molecule has 0 bridgehead atoms. The van der Waals surface area contributed by atoms with Gasteiger partial charge in [-0.15, -0.1) is 17.5 Å². The molecule has 2 heterocycles. The molecule has 0 atom stereocenters. The normalized spacial score (nSPS) is 14.8. The quantitative estimate of drug-likeness (QED) is 0.820. The van der Waals surface area contributed by atoms with E-state index in [0.29, 0.717) is 24.0 Å². The molecule has 1 amide bonds. The molecule has 1 saturated heterocycles. The third-order valence-electron chi connectivity index (χ3n) is 3.38. The smallest absolute Gasteiger partial charge is 0.278 e. The summed E-state index contributed by atoms with van der Waals surface area (Å²) in [4.78, 5) is 26.1. The van der Waals surface area contributed by atoms with Crippen molar-refractivity contribution in [3.05, 3.63) is 34.6 Å². The monoisotopic (exact) mass is 309 g/mol. The van der Waals surface area contributed by atoms with Crippen molar-refractivity contribution in [1.29, 1.82) is 0 Å². The van der Waals surface area contributed by atoms with E-state index < -0.39 is 0 Å². The van der Waals surface area contributed by atoms with E-state index in [1.165, 1.54) is 0 Å². The third kappa shape index (κ3) is 3.20. The highest BCUT2D eigenvalue weighted by Crippen LogP contribution is 2.03. The van der Waals surface area contributed by atoms with Crippen molar-refractivity contribution in [2.24, 2.45) is 0 Å². The molecular formula is C13H16ClN5O2. The molecule has 1 aliphatic rings. The van der Waals surface area contributed by atoms with Crippen molar-refractivity contribution in [2.45, 2.75) is 6.54 Å². The number of nitrogens with one attached hydrogen (secondary N) is 1. The van der Waals surface area contributed by atoms with E-state index in [-0.39, 0.29) is 30.4 Å². The summed E-state index contributed by atoms with van der Waals surface area (Å²) in [5.41, 5.74) is 0.266. The second kappa shape index (κ2) is 6.64. The van der Waals surface area contributed by atoms with E-state index in [0.717, 1.165) is 17.8 Å². The van der Waals surface area contributed by atoms with Gasteiger partial charge < -0.3 is 10.2 Å². The highest BCUT2D eigenvalue weighted by atomic mass is 35.5. The Morgan fingerprint density at radius 3 is 2.71 bits per heavy atom. The second-order valence-electron chi connectivity index (χ2n) is 4.70. The summed E-state index contributed by atoms with van der Waals surface area (Å²) in [6.07, 6.45) is 0. The van der Waals surface area contributed by atoms with Crippen LogP contribution in [0, 0.1) is 0 Å². The molecule has 21 heavy (non-hydrogen) atoms. The topological polar surface area (TPSA) is 80.1 Å². The van der Waals surface area contributed by atoms with Crippen LogP contribution in [-0.4, -0.2) is 52.0 Å². The molecule has 0 radical (unpaired) electrons. The summed E-state index contributed by atoms with van der Waals surface area (Å²) < 4.78 is 1.13. The van der Waals surface area contributed by atoms with Crippen LogP contribution < -0.4 is 10.9 Å². The van der Waals surface area contributed by atoms with Gasteiger partial charge in [0.1, 0.15) is 12.1 Å². The zero-order valence-corrected chi connectivity index (χ0v) is 12.2. The molecule has 112 valence electrons. The number of carbonyl (C=O) groups excluding carboxylic acids is 1. The average molecular weight is 310 g/mol. The Hall–Kier alpha value is -1.99. The van der Waals surface area contributed by atoms with Gasteiger partial charge in [0.25, 0.3) is 5.56 Å². The molecule has 7 nitrogen and oxygen atoms in total. The number of carbonyl (C=O) groups is 1. The van der Waals surface area contributed by atoms with Crippen LogP contribution in [0.1, 0.15) is 0 Å². The van der Waals surface area contributed by atoms with Crippen LogP contribution in [0.15, 0.2) is 29.1 Å². The van der Waals surface area contributed by atoms with Crippen molar-refractivity contribution in [3.8, 4) is 0 Å². The van der Waals surface area contributed by atoms with E-state index in [9.17, 15) is 9.59 Å². The number of benzene rings is 1. The minimum absolute atomic E-state index is 0. The predicted molar refractivity (Wildman–Crippen MR) is 80.5 cm³/mol. The van der Waals surface area contributed by atoms with Gasteiger partial charge in [-0.2, -0.15) is 0 Å². The maximum absolute atomic E-state index is 12.2. The van der Waals surface area contributed by atoms with E-state index >= 15 is 0 Å². The lowest BCUT2D eigenvalue weighted by atomic mass is 10.2. The molecule has 0 saturated carbocycles. The van der Waals surface area contributed by atoms with Gasteiger partial charge in [0.2, 0.25) is 5.91 Å². The lowest BCUT2D eigenvalue weighted by Crippen LogP contribution is -2.48. The number of amides is 1. The zero-order chi connectivity index (χ0) is 13.9. The van der Waals surface area contributed by atoms with Crippen LogP contribution >= 0.6 is 12.4 Å². The lowest BCUT2D eigenvalue weighted by Gasteiger charge is -2.27. The fourth-order valence-electron chi connectivity index (χ4n) is 2.27. The van der Waals surface area contributed by atoms with Gasteiger partial charge in [0, 0.05) is 26.2 Å². The van der Waals surface area contributed by atoms with E-state index in [1.54, 1.807) is 29.2 Å². The maximum Gasteiger partial charge on any atom is 0.278 e. The fraction of sp³-hybridized carbons (Fsp3) is 0.385. The summed E-state index contributed by atoms with van der Waals surface area (Å²) in [6, 6.07) is 6.99. The standard InChI is InChI=1S/C13H15N5O2.ClH/c19-12(17-7-5-14-6-8-17)9-18-13(20)10-3-1-2-4-11(10)15-16-18;/h1-4,14H,5-9H2;1H. The van der Waals surface area contributed by atoms with Crippen LogP contribution in [0.2, 0.25) is 0 Å². The van der Waals surface area contributed by atoms with Gasteiger partial charge in [-0.1, -0.05) is 17.3 Å². The SMILES string of the molecule is Cl.O=C(Cn1nnc2ccccc2c1=O)N1CCNCC1. The van der Waals surface area contributed by atoms with Crippen LogP contribution in [0.3, 0.4) is 0 Å². The van der Waals surface area contributed by atoms with Crippen LogP contribution in [0.25, 0.3) is 10.9 Å². The number of rotatable bonds is 2. The first kappa shape index (κ1) is 15.4.